The van der Waals surface area contributed by atoms with Gasteiger partial charge in [0.05, 0.1) is 13.2 Å². The minimum Gasteiger partial charge on any atom is -0.376 e. The molecule has 15 heteroatoms. The van der Waals surface area contributed by atoms with Crippen LogP contribution in [0.4, 0.5) is 0 Å². The monoisotopic (exact) mass is 780 g/mol. The summed E-state index contributed by atoms with van der Waals surface area (Å²) in [6.45, 7) is 0.439. The maximum Gasteiger partial charge on any atom is 0.245 e. The van der Waals surface area contributed by atoms with Gasteiger partial charge in [-0.3, -0.25) is 24.0 Å². The van der Waals surface area contributed by atoms with E-state index in [1.807, 2.05) is 84.2 Å². The lowest BCUT2D eigenvalue weighted by atomic mass is 9.96. The molecular weight excluding hydrogens is 733 g/mol. The Hall–Kier alpha value is -5.61. The maximum absolute atomic E-state index is 14.5. The molecule has 6 rings (SSSR count). The van der Waals surface area contributed by atoms with Gasteiger partial charge in [-0.25, -0.2) is 0 Å². The molecule has 1 aliphatic heterocycles. The molecule has 0 bridgehead atoms. The molecule has 0 saturated carbocycles. The largest absolute Gasteiger partial charge is 0.376 e. The second kappa shape index (κ2) is 18.3. The van der Waals surface area contributed by atoms with Crippen LogP contribution in [0.5, 0.6) is 0 Å². The molecule has 4 atom stereocenters. The highest BCUT2D eigenvalue weighted by atomic mass is 32.1. The fraction of sp³-hybridized carbons (Fsp3) is 0.341. The van der Waals surface area contributed by atoms with Gasteiger partial charge >= 0.3 is 0 Å². The van der Waals surface area contributed by atoms with Crippen molar-refractivity contribution in [2.24, 2.45) is 17.2 Å². The van der Waals surface area contributed by atoms with Crippen molar-refractivity contribution in [1.29, 1.82) is 0 Å². The number of aromatic nitrogens is 1. The number of ether oxygens (including phenoxy) is 1. The minimum absolute atomic E-state index is 0.00858. The van der Waals surface area contributed by atoms with Crippen LogP contribution in [0.25, 0.3) is 21.0 Å². The van der Waals surface area contributed by atoms with Gasteiger partial charge in [0.15, 0.2) is 0 Å². The predicted molar refractivity (Wildman–Crippen MR) is 215 cm³/mol. The number of fused-ring (bicyclic) bond motifs is 2. The lowest BCUT2D eigenvalue weighted by Gasteiger charge is -2.37. The normalized spacial score (nSPS) is 15.5. The summed E-state index contributed by atoms with van der Waals surface area (Å²) in [6.07, 6.45) is 3.52. The number of carbonyl (C=O) groups excluding carboxylic acids is 5. The van der Waals surface area contributed by atoms with E-state index in [9.17, 15) is 24.0 Å². The molecule has 3 aromatic carbocycles. The van der Waals surface area contributed by atoms with E-state index < -0.39 is 59.2 Å². The quantitative estimate of drug-likeness (QED) is 0.0573. The fourth-order valence-corrected chi connectivity index (χ4v) is 7.73. The highest BCUT2D eigenvalue weighted by Gasteiger charge is 2.43. The molecule has 0 spiro atoms. The van der Waals surface area contributed by atoms with Gasteiger partial charge in [0, 0.05) is 41.1 Å². The van der Waals surface area contributed by atoms with Crippen LogP contribution in [-0.4, -0.2) is 84.0 Å². The van der Waals surface area contributed by atoms with E-state index in [1.54, 1.807) is 6.20 Å². The minimum atomic E-state index is -1.29. The van der Waals surface area contributed by atoms with E-state index in [2.05, 4.69) is 26.3 Å². The van der Waals surface area contributed by atoms with Crippen LogP contribution in [-0.2, 0) is 48.0 Å². The summed E-state index contributed by atoms with van der Waals surface area (Å²) in [5.41, 5.74) is 19.5. The van der Waals surface area contributed by atoms with E-state index in [-0.39, 0.29) is 38.9 Å². The Balaban J connectivity index is 1.29. The molecule has 3 heterocycles. The van der Waals surface area contributed by atoms with Crippen molar-refractivity contribution in [3.63, 3.8) is 0 Å². The van der Waals surface area contributed by atoms with E-state index in [4.69, 9.17) is 21.9 Å². The number of hydrogen-bond acceptors (Lipinski definition) is 9. The first-order valence-corrected chi connectivity index (χ1v) is 19.5. The van der Waals surface area contributed by atoms with E-state index in [0.717, 1.165) is 37.7 Å². The number of primary amides is 1. The predicted octanol–water partition coefficient (Wildman–Crippen LogP) is 1.69. The molecule has 5 amide bonds. The van der Waals surface area contributed by atoms with Crippen LogP contribution < -0.4 is 38.5 Å². The number of nitrogens with two attached hydrogens (primary N) is 3. The Morgan fingerprint density at radius 3 is 1.96 bits per heavy atom. The van der Waals surface area contributed by atoms with Gasteiger partial charge < -0.3 is 48.2 Å². The van der Waals surface area contributed by atoms with Crippen molar-refractivity contribution < 1.29 is 28.7 Å². The molecule has 0 unspecified atom stereocenters. The van der Waals surface area contributed by atoms with Crippen molar-refractivity contribution >= 4 is 61.9 Å². The van der Waals surface area contributed by atoms with Crippen LogP contribution in [0.1, 0.15) is 36.0 Å². The molecular formula is C41H48N8O6S. The number of thiophene rings is 1. The van der Waals surface area contributed by atoms with E-state index in [1.165, 1.54) is 11.3 Å². The summed E-state index contributed by atoms with van der Waals surface area (Å²) in [6, 6.07) is 20.0. The van der Waals surface area contributed by atoms with Crippen molar-refractivity contribution in [2.45, 2.75) is 68.2 Å². The number of H-pyrrole nitrogens is 1. The van der Waals surface area contributed by atoms with Gasteiger partial charge in [-0.05, 0) is 65.4 Å². The zero-order valence-electron chi connectivity index (χ0n) is 30.9. The number of hydrogen-bond donors (Lipinski definition) is 8. The number of aromatic amines is 1. The van der Waals surface area contributed by atoms with Crippen LogP contribution in [0, 0.1) is 0 Å². The molecule has 5 aromatic rings. The molecule has 56 heavy (non-hydrogen) atoms. The number of nitrogens with one attached hydrogen (secondary N) is 5. The maximum atomic E-state index is 14.5. The third-order valence-corrected chi connectivity index (χ3v) is 11.0. The molecule has 2 aromatic heterocycles. The number of amides is 5. The molecule has 1 fully saturated rings. The first-order valence-electron chi connectivity index (χ1n) is 18.7. The number of carbonyl (C=O) groups is 5. The first-order chi connectivity index (χ1) is 27.0. The zero-order chi connectivity index (χ0) is 39.7. The second-order valence-corrected chi connectivity index (χ2v) is 15.2. The highest BCUT2D eigenvalue weighted by molar-refractivity contribution is 7.17. The number of para-hydroxylation sites is 1. The lowest BCUT2D eigenvalue weighted by molar-refractivity contribution is -0.146. The Kier molecular flexibility index (Phi) is 13.1. The van der Waals surface area contributed by atoms with Crippen molar-refractivity contribution in [2.75, 3.05) is 19.8 Å². The summed E-state index contributed by atoms with van der Waals surface area (Å²) < 4.78 is 6.23. The Bertz CT molecular complexity index is 2170. The Labute approximate surface area is 328 Å². The SMILES string of the molecule is NCCCC[C@@H](NC(=O)[C@H](Cc1ccccc1)NC(=O)[C@@H](Cc1c[nH]c2ccccc12)NC(=O)[C@@H](Cc1csc2ccccc12)NC(=O)C1(N)COC1)C(N)=O. The summed E-state index contributed by atoms with van der Waals surface area (Å²) in [5, 5.41) is 15.1. The standard InChI is InChI=1S/C41H48N8O6S/c42-17-9-8-15-31(36(43)50)46-37(51)32(18-25-10-2-1-3-11-25)47-38(52)33(19-26-21-45-30-14-6-4-12-28(26)30)48-39(53)34(49-40(54)41(44)23-55-24-41)20-27-22-56-35-16-7-5-13-29(27)35/h1-7,10-14,16,21-22,31-34,45H,8-9,15,17-20,23-24,42,44H2,(H2,43,50)(H,46,51)(H,47,52)(H,48,53)(H,49,54)/t31-,32+,33-,34-/m1/s1. The summed E-state index contributed by atoms with van der Waals surface area (Å²) in [7, 11) is 0. The molecule has 1 aliphatic rings. The number of rotatable bonds is 19. The van der Waals surface area contributed by atoms with Gasteiger partial charge in [-0.1, -0.05) is 66.7 Å². The van der Waals surface area contributed by atoms with Crippen LogP contribution >= 0.6 is 11.3 Å². The average molecular weight is 781 g/mol. The molecule has 0 radical (unpaired) electrons. The summed E-state index contributed by atoms with van der Waals surface area (Å²) >= 11 is 1.52. The van der Waals surface area contributed by atoms with Crippen LogP contribution in [0.2, 0.25) is 0 Å². The molecule has 14 nitrogen and oxygen atoms in total. The molecule has 1 saturated heterocycles. The van der Waals surface area contributed by atoms with Crippen LogP contribution in [0.15, 0.2) is 90.4 Å². The third kappa shape index (κ3) is 9.78. The second-order valence-electron chi connectivity index (χ2n) is 14.3. The van der Waals surface area contributed by atoms with Gasteiger partial charge in [0.1, 0.15) is 29.7 Å². The summed E-state index contributed by atoms with van der Waals surface area (Å²) in [5.74, 6) is -3.12. The van der Waals surface area contributed by atoms with Crippen LogP contribution in [0.3, 0.4) is 0 Å². The number of benzene rings is 3. The Morgan fingerprint density at radius 2 is 1.30 bits per heavy atom. The third-order valence-electron chi connectivity index (χ3n) is 10.0. The lowest BCUT2D eigenvalue weighted by Crippen LogP contribution is -2.69. The highest BCUT2D eigenvalue weighted by Crippen LogP contribution is 2.27. The van der Waals surface area contributed by atoms with Gasteiger partial charge in [0.2, 0.25) is 29.5 Å². The molecule has 294 valence electrons. The topological polar surface area (TPSA) is 237 Å². The van der Waals surface area contributed by atoms with E-state index >= 15 is 0 Å². The fourth-order valence-electron chi connectivity index (χ4n) is 6.76. The number of unbranched alkanes of at least 4 members (excludes halogenated alkanes) is 1. The smallest absolute Gasteiger partial charge is 0.245 e. The van der Waals surface area contributed by atoms with Crippen molar-refractivity contribution in [3.8, 4) is 0 Å². The first kappa shape index (κ1) is 40.1. The van der Waals surface area contributed by atoms with Gasteiger partial charge in [-0.2, -0.15) is 0 Å². The molecule has 0 aliphatic carbocycles. The average Bonchev–Trinajstić information content (AvgIpc) is 3.79. The van der Waals surface area contributed by atoms with Gasteiger partial charge in [-0.15, -0.1) is 11.3 Å². The van der Waals surface area contributed by atoms with Gasteiger partial charge in [0.25, 0.3) is 0 Å². The Morgan fingerprint density at radius 1 is 0.714 bits per heavy atom. The van der Waals surface area contributed by atoms with E-state index in [0.29, 0.717) is 19.4 Å². The molecule has 11 N–H and O–H groups in total. The summed E-state index contributed by atoms with van der Waals surface area (Å²) in [4.78, 5) is 71.8. The zero-order valence-corrected chi connectivity index (χ0v) is 31.7. The van der Waals surface area contributed by atoms with Crippen molar-refractivity contribution in [1.82, 2.24) is 26.3 Å². The van der Waals surface area contributed by atoms with Crippen molar-refractivity contribution in [3.05, 3.63) is 107 Å².